The molecule has 0 spiro atoms. The SMILES string of the molecule is CC(C)Cc1ccc2cc(C(=O)O)[nH]c2c1. The van der Waals surface area contributed by atoms with Crippen molar-refractivity contribution in [3.63, 3.8) is 0 Å². The van der Waals surface area contributed by atoms with Crippen LogP contribution < -0.4 is 0 Å². The second kappa shape index (κ2) is 4.00. The number of aromatic amines is 1. The molecule has 0 fully saturated rings. The van der Waals surface area contributed by atoms with Crippen LogP contribution in [0.25, 0.3) is 10.9 Å². The first kappa shape index (κ1) is 10.7. The van der Waals surface area contributed by atoms with Crippen LogP contribution in [0.2, 0.25) is 0 Å². The lowest BCUT2D eigenvalue weighted by atomic mass is 10.0. The molecule has 0 bridgehead atoms. The number of rotatable bonds is 3. The molecule has 0 aliphatic heterocycles. The van der Waals surface area contributed by atoms with Gasteiger partial charge in [-0.25, -0.2) is 4.79 Å². The van der Waals surface area contributed by atoms with E-state index in [-0.39, 0.29) is 5.69 Å². The molecule has 1 aromatic carbocycles. The lowest BCUT2D eigenvalue weighted by molar-refractivity contribution is 0.0691. The first-order valence-corrected chi connectivity index (χ1v) is 5.41. The lowest BCUT2D eigenvalue weighted by Gasteiger charge is -2.04. The molecule has 0 radical (unpaired) electrons. The van der Waals surface area contributed by atoms with Crippen LogP contribution in [0.4, 0.5) is 0 Å². The Hall–Kier alpha value is -1.77. The van der Waals surface area contributed by atoms with Gasteiger partial charge in [0.05, 0.1) is 0 Å². The van der Waals surface area contributed by atoms with Gasteiger partial charge >= 0.3 is 5.97 Å². The van der Waals surface area contributed by atoms with Gasteiger partial charge in [0, 0.05) is 10.9 Å². The van der Waals surface area contributed by atoms with Crippen LogP contribution >= 0.6 is 0 Å². The quantitative estimate of drug-likeness (QED) is 0.830. The third kappa shape index (κ3) is 2.08. The minimum Gasteiger partial charge on any atom is -0.477 e. The van der Waals surface area contributed by atoms with Crippen molar-refractivity contribution in [1.29, 1.82) is 0 Å². The largest absolute Gasteiger partial charge is 0.477 e. The third-order valence-corrected chi connectivity index (χ3v) is 2.56. The average molecular weight is 217 g/mol. The highest BCUT2D eigenvalue weighted by atomic mass is 16.4. The van der Waals surface area contributed by atoms with E-state index in [1.165, 1.54) is 5.56 Å². The van der Waals surface area contributed by atoms with Crippen LogP contribution in [0, 0.1) is 5.92 Å². The van der Waals surface area contributed by atoms with E-state index in [4.69, 9.17) is 5.11 Å². The molecule has 0 atom stereocenters. The zero-order valence-corrected chi connectivity index (χ0v) is 9.45. The Morgan fingerprint density at radius 3 is 2.75 bits per heavy atom. The van der Waals surface area contributed by atoms with Crippen LogP contribution in [0.3, 0.4) is 0 Å². The fourth-order valence-corrected chi connectivity index (χ4v) is 1.89. The Kier molecular flexibility index (Phi) is 2.69. The number of aromatic nitrogens is 1. The van der Waals surface area contributed by atoms with Crippen molar-refractivity contribution in [1.82, 2.24) is 4.98 Å². The van der Waals surface area contributed by atoms with Crippen molar-refractivity contribution in [3.8, 4) is 0 Å². The van der Waals surface area contributed by atoms with E-state index in [0.29, 0.717) is 5.92 Å². The summed E-state index contributed by atoms with van der Waals surface area (Å²) in [6.45, 7) is 4.34. The summed E-state index contributed by atoms with van der Waals surface area (Å²) in [4.78, 5) is 13.7. The fourth-order valence-electron chi connectivity index (χ4n) is 1.89. The maximum absolute atomic E-state index is 10.8. The maximum Gasteiger partial charge on any atom is 0.352 e. The zero-order chi connectivity index (χ0) is 11.7. The van der Waals surface area contributed by atoms with Crippen molar-refractivity contribution in [2.45, 2.75) is 20.3 Å². The highest BCUT2D eigenvalue weighted by molar-refractivity contribution is 5.93. The number of carbonyl (C=O) groups is 1. The summed E-state index contributed by atoms with van der Waals surface area (Å²) in [5.41, 5.74) is 2.38. The molecule has 1 heterocycles. The Morgan fingerprint density at radius 2 is 2.12 bits per heavy atom. The Labute approximate surface area is 94.1 Å². The van der Waals surface area contributed by atoms with Gasteiger partial charge in [-0.1, -0.05) is 26.0 Å². The summed E-state index contributed by atoms with van der Waals surface area (Å²) in [6.07, 6.45) is 1.01. The molecule has 84 valence electrons. The van der Waals surface area contributed by atoms with E-state index >= 15 is 0 Å². The van der Waals surface area contributed by atoms with Crippen molar-refractivity contribution in [3.05, 3.63) is 35.5 Å². The predicted octanol–water partition coefficient (Wildman–Crippen LogP) is 3.06. The van der Waals surface area contributed by atoms with Gasteiger partial charge in [0.15, 0.2) is 0 Å². The van der Waals surface area contributed by atoms with E-state index in [1.54, 1.807) is 6.07 Å². The number of hydrogen-bond donors (Lipinski definition) is 2. The second-order valence-corrected chi connectivity index (χ2v) is 4.51. The molecule has 2 N–H and O–H groups in total. The minimum atomic E-state index is -0.915. The van der Waals surface area contributed by atoms with Crippen LogP contribution in [-0.2, 0) is 6.42 Å². The molecule has 2 rings (SSSR count). The van der Waals surface area contributed by atoms with Crippen molar-refractivity contribution >= 4 is 16.9 Å². The van der Waals surface area contributed by atoms with Crippen molar-refractivity contribution in [2.75, 3.05) is 0 Å². The number of nitrogens with one attached hydrogen (secondary N) is 1. The summed E-state index contributed by atoms with van der Waals surface area (Å²) < 4.78 is 0. The molecule has 3 nitrogen and oxygen atoms in total. The summed E-state index contributed by atoms with van der Waals surface area (Å²) in [5, 5.41) is 9.82. The Morgan fingerprint density at radius 1 is 1.38 bits per heavy atom. The topological polar surface area (TPSA) is 53.1 Å². The lowest BCUT2D eigenvalue weighted by Crippen LogP contribution is -1.95. The summed E-state index contributed by atoms with van der Waals surface area (Å²) in [5.74, 6) is -0.312. The molecule has 0 aliphatic rings. The average Bonchev–Trinajstić information content (AvgIpc) is 2.59. The Bertz CT molecular complexity index is 526. The standard InChI is InChI=1S/C13H15NO2/c1-8(2)5-9-3-4-10-7-12(13(15)16)14-11(10)6-9/h3-4,6-8,14H,5H2,1-2H3,(H,15,16). The number of carboxylic acid groups (broad SMARTS) is 1. The minimum absolute atomic E-state index is 0.247. The highest BCUT2D eigenvalue weighted by Crippen LogP contribution is 2.19. The van der Waals surface area contributed by atoms with E-state index in [0.717, 1.165) is 17.3 Å². The Balaban J connectivity index is 2.41. The normalized spacial score (nSPS) is 11.2. The van der Waals surface area contributed by atoms with E-state index in [9.17, 15) is 4.79 Å². The molecule has 0 saturated heterocycles. The second-order valence-electron chi connectivity index (χ2n) is 4.51. The third-order valence-electron chi connectivity index (χ3n) is 2.56. The monoisotopic (exact) mass is 217 g/mol. The van der Waals surface area contributed by atoms with Crippen molar-refractivity contribution < 1.29 is 9.90 Å². The summed E-state index contributed by atoms with van der Waals surface area (Å²) in [6, 6.07) is 7.72. The number of aromatic carboxylic acids is 1. The van der Waals surface area contributed by atoms with Gasteiger partial charge < -0.3 is 10.1 Å². The molecule has 0 amide bonds. The molecular weight excluding hydrogens is 202 g/mol. The number of hydrogen-bond acceptors (Lipinski definition) is 1. The fraction of sp³-hybridized carbons (Fsp3) is 0.308. The molecule has 0 unspecified atom stereocenters. The van der Waals surface area contributed by atoms with Gasteiger partial charge in [-0.05, 0) is 30.0 Å². The molecule has 3 heteroatoms. The predicted molar refractivity (Wildman–Crippen MR) is 63.8 cm³/mol. The maximum atomic E-state index is 10.8. The smallest absolute Gasteiger partial charge is 0.352 e. The number of fused-ring (bicyclic) bond motifs is 1. The molecule has 2 aromatic rings. The van der Waals surface area contributed by atoms with E-state index in [1.807, 2.05) is 12.1 Å². The first-order valence-electron chi connectivity index (χ1n) is 5.41. The van der Waals surface area contributed by atoms with Gasteiger partial charge in [0.2, 0.25) is 0 Å². The van der Waals surface area contributed by atoms with E-state index < -0.39 is 5.97 Å². The number of H-pyrrole nitrogens is 1. The van der Waals surface area contributed by atoms with Crippen molar-refractivity contribution in [2.24, 2.45) is 5.92 Å². The first-order chi connectivity index (χ1) is 7.56. The summed E-state index contributed by atoms with van der Waals surface area (Å²) >= 11 is 0. The number of benzene rings is 1. The van der Waals surface area contributed by atoms with Gasteiger partial charge in [-0.2, -0.15) is 0 Å². The van der Waals surface area contributed by atoms with Gasteiger partial charge in [-0.3, -0.25) is 0 Å². The highest BCUT2D eigenvalue weighted by Gasteiger charge is 2.07. The molecule has 1 aromatic heterocycles. The zero-order valence-electron chi connectivity index (χ0n) is 9.45. The summed E-state index contributed by atoms with van der Waals surface area (Å²) in [7, 11) is 0. The molecule has 16 heavy (non-hydrogen) atoms. The van der Waals surface area contributed by atoms with Gasteiger partial charge in [0.25, 0.3) is 0 Å². The van der Waals surface area contributed by atoms with Gasteiger partial charge in [-0.15, -0.1) is 0 Å². The molecular formula is C13H15NO2. The van der Waals surface area contributed by atoms with Crippen LogP contribution in [-0.4, -0.2) is 16.1 Å². The van der Waals surface area contributed by atoms with E-state index in [2.05, 4.69) is 24.9 Å². The van der Waals surface area contributed by atoms with Gasteiger partial charge in [0.1, 0.15) is 5.69 Å². The molecule has 0 saturated carbocycles. The van der Waals surface area contributed by atoms with Crippen LogP contribution in [0.1, 0.15) is 29.9 Å². The molecule has 0 aliphatic carbocycles. The number of carboxylic acids is 1. The van der Waals surface area contributed by atoms with Crippen LogP contribution in [0.15, 0.2) is 24.3 Å². The van der Waals surface area contributed by atoms with Crippen LogP contribution in [0.5, 0.6) is 0 Å².